The first-order chi connectivity index (χ1) is 8.18. The summed E-state index contributed by atoms with van der Waals surface area (Å²) >= 11 is 1.46. The highest BCUT2D eigenvalue weighted by atomic mass is 32.2. The number of fused-ring (bicyclic) bond motifs is 1. The zero-order chi connectivity index (χ0) is 12.0. The molecule has 5 heteroatoms. The summed E-state index contributed by atoms with van der Waals surface area (Å²) in [6.07, 6.45) is 0.428. The average Bonchev–Trinajstić information content (AvgIpc) is 2.63. The van der Waals surface area contributed by atoms with Crippen molar-refractivity contribution in [1.82, 2.24) is 4.90 Å². The highest BCUT2D eigenvalue weighted by Crippen LogP contribution is 2.50. The average molecular weight is 247 g/mol. The molecule has 1 saturated heterocycles. The maximum Gasteiger partial charge on any atom is 0.353 e. The first-order valence-corrected chi connectivity index (χ1v) is 6.08. The van der Waals surface area contributed by atoms with Gasteiger partial charge in [0.05, 0.1) is 11.8 Å². The molecule has 86 valence electrons. The van der Waals surface area contributed by atoms with Crippen LogP contribution in [0.1, 0.15) is 12.0 Å². The minimum Gasteiger partial charge on any atom is -0.477 e. The molecule has 0 radical (unpaired) electrons. The summed E-state index contributed by atoms with van der Waals surface area (Å²) in [5.74, 6) is -1.14. The lowest BCUT2D eigenvalue weighted by Gasteiger charge is -2.33. The van der Waals surface area contributed by atoms with Crippen LogP contribution in [0.3, 0.4) is 0 Å². The minimum absolute atomic E-state index is 0.0243. The van der Waals surface area contributed by atoms with Crippen LogP contribution in [-0.4, -0.2) is 27.3 Å². The second kappa shape index (κ2) is 3.63. The van der Waals surface area contributed by atoms with Crippen molar-refractivity contribution in [2.45, 2.75) is 11.8 Å². The first kappa shape index (κ1) is 10.4. The second-order valence-electron chi connectivity index (χ2n) is 3.89. The van der Waals surface area contributed by atoms with Gasteiger partial charge in [0, 0.05) is 4.91 Å². The molecule has 0 bridgehead atoms. The summed E-state index contributed by atoms with van der Waals surface area (Å²) in [4.78, 5) is 24.7. The van der Waals surface area contributed by atoms with Crippen molar-refractivity contribution in [3.8, 4) is 0 Å². The van der Waals surface area contributed by atoms with Crippen molar-refractivity contribution in [2.24, 2.45) is 0 Å². The fraction of sp³-hybridized carbons (Fsp3) is 0.167. The number of carbonyl (C=O) groups is 2. The molecule has 1 N–H and O–H groups in total. The lowest BCUT2D eigenvalue weighted by Crippen LogP contribution is -2.48. The third-order valence-corrected chi connectivity index (χ3v) is 4.17. The number of hydrogen-bond donors (Lipinski definition) is 1. The fourth-order valence-electron chi connectivity index (χ4n) is 2.05. The zero-order valence-corrected chi connectivity index (χ0v) is 9.61. The monoisotopic (exact) mass is 247 g/mol. The number of aliphatic carboxylic acids is 1. The van der Waals surface area contributed by atoms with Crippen LogP contribution in [0.25, 0.3) is 4.91 Å². The van der Waals surface area contributed by atoms with E-state index in [4.69, 9.17) is 0 Å². The van der Waals surface area contributed by atoms with E-state index in [-0.39, 0.29) is 17.0 Å². The van der Waals surface area contributed by atoms with Crippen LogP contribution in [0.15, 0.2) is 36.0 Å². The second-order valence-corrected chi connectivity index (χ2v) is 5.08. The molecule has 2 heterocycles. The summed E-state index contributed by atoms with van der Waals surface area (Å²) in [6, 6.07) is 9.33. The van der Waals surface area contributed by atoms with E-state index in [2.05, 4.69) is 0 Å². The number of rotatable bonds is 2. The van der Waals surface area contributed by atoms with Crippen LogP contribution < -0.4 is 0 Å². The molecular formula is C12H9NO3S. The van der Waals surface area contributed by atoms with Gasteiger partial charge in [-0.3, -0.25) is 9.69 Å². The number of nitrogens with zero attached hydrogens (tertiary/aromatic N) is 1. The van der Waals surface area contributed by atoms with E-state index in [1.54, 1.807) is 0 Å². The van der Waals surface area contributed by atoms with Gasteiger partial charge in [0.25, 0.3) is 0 Å². The summed E-state index contributed by atoms with van der Waals surface area (Å²) in [6.45, 7) is 0. The molecule has 1 atom stereocenters. The van der Waals surface area contributed by atoms with Crippen molar-refractivity contribution in [3.05, 3.63) is 41.6 Å². The number of carbonyl (C=O) groups excluding carboxylic acids is 1. The molecule has 2 aliphatic heterocycles. The van der Waals surface area contributed by atoms with E-state index in [0.29, 0.717) is 11.3 Å². The smallest absolute Gasteiger partial charge is 0.353 e. The van der Waals surface area contributed by atoms with Gasteiger partial charge < -0.3 is 5.11 Å². The molecule has 1 amide bonds. The maximum atomic E-state index is 11.4. The molecule has 0 aliphatic carbocycles. The van der Waals surface area contributed by atoms with Crippen molar-refractivity contribution in [1.29, 1.82) is 0 Å². The Morgan fingerprint density at radius 2 is 2.06 bits per heavy atom. The van der Waals surface area contributed by atoms with Crippen LogP contribution in [0.5, 0.6) is 0 Å². The van der Waals surface area contributed by atoms with Gasteiger partial charge in [-0.25, -0.2) is 4.79 Å². The van der Waals surface area contributed by atoms with Crippen molar-refractivity contribution in [3.63, 3.8) is 0 Å². The summed E-state index contributed by atoms with van der Waals surface area (Å²) < 4.78 is 0. The van der Waals surface area contributed by atoms with Crippen LogP contribution >= 0.6 is 11.8 Å². The van der Waals surface area contributed by atoms with Crippen molar-refractivity contribution in [2.75, 3.05) is 0 Å². The Morgan fingerprint density at radius 1 is 1.35 bits per heavy atom. The zero-order valence-electron chi connectivity index (χ0n) is 8.79. The molecule has 2 aliphatic rings. The van der Waals surface area contributed by atoms with Gasteiger partial charge in [-0.2, -0.15) is 0 Å². The van der Waals surface area contributed by atoms with Crippen LogP contribution in [-0.2, 0) is 9.59 Å². The normalized spacial score (nSPS) is 22.5. The van der Waals surface area contributed by atoms with Gasteiger partial charge in [0.15, 0.2) is 0 Å². The molecule has 1 aromatic carbocycles. The first-order valence-electron chi connectivity index (χ1n) is 5.20. The van der Waals surface area contributed by atoms with Gasteiger partial charge in [0.1, 0.15) is 5.70 Å². The Morgan fingerprint density at radius 3 is 2.65 bits per heavy atom. The van der Waals surface area contributed by atoms with Crippen LogP contribution in [0.4, 0.5) is 0 Å². The predicted octanol–water partition coefficient (Wildman–Crippen LogP) is 1.75. The third kappa shape index (κ3) is 1.46. The fourth-order valence-corrected chi connectivity index (χ4v) is 3.44. The number of hydrogen-bond acceptors (Lipinski definition) is 3. The molecular weight excluding hydrogens is 238 g/mol. The number of benzene rings is 1. The van der Waals surface area contributed by atoms with E-state index in [0.717, 1.165) is 5.56 Å². The molecule has 0 aromatic heterocycles. The van der Waals surface area contributed by atoms with E-state index in [1.165, 1.54) is 16.7 Å². The number of thioether (sulfide) groups is 1. The van der Waals surface area contributed by atoms with Gasteiger partial charge in [-0.05, 0) is 5.56 Å². The van der Waals surface area contributed by atoms with Crippen molar-refractivity contribution < 1.29 is 14.7 Å². The number of carboxylic acids is 1. The Bertz CT molecular complexity index is 538. The number of β-lactam (4-membered cyclic amide) rings is 1. The van der Waals surface area contributed by atoms with Gasteiger partial charge in [-0.15, -0.1) is 0 Å². The summed E-state index contributed by atoms with van der Waals surface area (Å²) in [5, 5.41) is 9.20. The largest absolute Gasteiger partial charge is 0.477 e. The summed E-state index contributed by atoms with van der Waals surface area (Å²) in [7, 11) is 0. The van der Waals surface area contributed by atoms with Crippen molar-refractivity contribution >= 4 is 28.5 Å². The van der Waals surface area contributed by atoms with E-state index in [1.807, 2.05) is 30.3 Å². The Balaban J connectivity index is 2.10. The van der Waals surface area contributed by atoms with Crippen LogP contribution in [0.2, 0.25) is 0 Å². The molecule has 0 saturated carbocycles. The lowest BCUT2D eigenvalue weighted by molar-refractivity contribution is -0.145. The topological polar surface area (TPSA) is 57.6 Å². The SMILES string of the molecule is O=C(O)C1=C(c2ccccc2)S[C@@H]2CC(=O)N12. The molecule has 0 unspecified atom stereocenters. The van der Waals surface area contributed by atoms with E-state index < -0.39 is 5.97 Å². The third-order valence-electron chi connectivity index (χ3n) is 2.85. The van der Waals surface area contributed by atoms with Gasteiger partial charge in [-0.1, -0.05) is 42.1 Å². The predicted molar refractivity (Wildman–Crippen MR) is 63.8 cm³/mol. The molecule has 0 spiro atoms. The molecule has 3 rings (SSSR count). The van der Waals surface area contributed by atoms with E-state index in [9.17, 15) is 14.7 Å². The lowest BCUT2D eigenvalue weighted by atomic mass is 10.1. The Kier molecular flexibility index (Phi) is 2.22. The molecule has 17 heavy (non-hydrogen) atoms. The van der Waals surface area contributed by atoms with Gasteiger partial charge in [0.2, 0.25) is 5.91 Å². The van der Waals surface area contributed by atoms with E-state index >= 15 is 0 Å². The highest BCUT2D eigenvalue weighted by molar-refractivity contribution is 8.09. The minimum atomic E-state index is -1.04. The molecule has 1 aromatic rings. The molecule has 1 fully saturated rings. The van der Waals surface area contributed by atoms with Gasteiger partial charge >= 0.3 is 5.97 Å². The molecule has 4 nitrogen and oxygen atoms in total. The summed E-state index contributed by atoms with van der Waals surface area (Å²) in [5.41, 5.74) is 0.986. The Hall–Kier alpha value is -1.75. The van der Waals surface area contributed by atoms with Crippen LogP contribution in [0, 0.1) is 0 Å². The highest BCUT2D eigenvalue weighted by Gasteiger charge is 2.48. The number of amides is 1. The number of carboxylic acid groups (broad SMARTS) is 1. The Labute approximate surface area is 102 Å². The quantitative estimate of drug-likeness (QED) is 0.809. The maximum absolute atomic E-state index is 11.4. The standard InChI is InChI=1S/C12H9NO3S/c14-8-6-9-13(8)10(12(15)16)11(17-9)7-4-2-1-3-5-7/h1-5,9H,6H2,(H,15,16)/t9-/m1/s1.